The molecule has 1 aromatic carbocycles. The predicted octanol–water partition coefficient (Wildman–Crippen LogP) is 4.85. The van der Waals surface area contributed by atoms with Gasteiger partial charge in [-0.2, -0.15) is 0 Å². The van der Waals surface area contributed by atoms with Crippen molar-refractivity contribution in [1.82, 2.24) is 4.31 Å². The van der Waals surface area contributed by atoms with E-state index in [1.54, 1.807) is 0 Å². The standard InChI is InChI=1S/C14H20BrNS/c1-16(13-5-3-2-4-6-13)17-14-9-7-12(11-15)8-10-14/h7-10,13H,2-6,11H2,1H3. The van der Waals surface area contributed by atoms with E-state index in [9.17, 15) is 0 Å². The Morgan fingerprint density at radius 2 is 1.82 bits per heavy atom. The summed E-state index contributed by atoms with van der Waals surface area (Å²) < 4.78 is 2.45. The van der Waals surface area contributed by atoms with Crippen molar-refractivity contribution in [3.8, 4) is 0 Å². The summed E-state index contributed by atoms with van der Waals surface area (Å²) in [5.41, 5.74) is 1.34. The summed E-state index contributed by atoms with van der Waals surface area (Å²) in [6.45, 7) is 0. The van der Waals surface area contributed by atoms with Crippen LogP contribution in [0, 0.1) is 0 Å². The van der Waals surface area contributed by atoms with Gasteiger partial charge in [-0.3, -0.25) is 0 Å². The molecule has 17 heavy (non-hydrogen) atoms. The van der Waals surface area contributed by atoms with Gasteiger partial charge in [0.15, 0.2) is 0 Å². The van der Waals surface area contributed by atoms with E-state index < -0.39 is 0 Å². The zero-order valence-corrected chi connectivity index (χ0v) is 12.8. The highest BCUT2D eigenvalue weighted by Gasteiger charge is 2.18. The molecular weight excluding hydrogens is 294 g/mol. The summed E-state index contributed by atoms with van der Waals surface area (Å²) in [5, 5.41) is 0.941. The molecule has 0 aliphatic heterocycles. The van der Waals surface area contributed by atoms with Gasteiger partial charge in [0.25, 0.3) is 0 Å². The Labute approximate surface area is 117 Å². The molecule has 0 aromatic heterocycles. The van der Waals surface area contributed by atoms with Crippen LogP contribution >= 0.6 is 27.9 Å². The molecule has 1 fully saturated rings. The molecule has 0 heterocycles. The lowest BCUT2D eigenvalue weighted by molar-refractivity contribution is 0.305. The molecule has 1 aliphatic rings. The normalized spacial score (nSPS) is 17.6. The van der Waals surface area contributed by atoms with E-state index in [2.05, 4.69) is 51.5 Å². The van der Waals surface area contributed by atoms with Crippen LogP contribution in [0.25, 0.3) is 0 Å². The first kappa shape index (κ1) is 13.4. The van der Waals surface area contributed by atoms with Crippen molar-refractivity contribution in [3.63, 3.8) is 0 Å². The second-order valence-corrected chi connectivity index (χ2v) is 6.50. The average Bonchev–Trinajstić information content (AvgIpc) is 2.40. The summed E-state index contributed by atoms with van der Waals surface area (Å²) in [5.74, 6) is 0. The van der Waals surface area contributed by atoms with E-state index in [1.165, 1.54) is 42.6 Å². The van der Waals surface area contributed by atoms with Crippen molar-refractivity contribution in [1.29, 1.82) is 0 Å². The molecule has 1 aliphatic carbocycles. The molecule has 2 rings (SSSR count). The highest BCUT2D eigenvalue weighted by Crippen LogP contribution is 2.30. The molecule has 0 radical (unpaired) electrons. The van der Waals surface area contributed by atoms with Gasteiger partial charge in [-0.25, -0.2) is 4.31 Å². The fourth-order valence-electron chi connectivity index (χ4n) is 2.32. The largest absolute Gasteiger partial charge is 0.246 e. The van der Waals surface area contributed by atoms with Gasteiger partial charge in [0.05, 0.1) is 0 Å². The van der Waals surface area contributed by atoms with Gasteiger partial charge in [-0.15, -0.1) is 0 Å². The molecule has 1 aromatic rings. The molecule has 94 valence electrons. The molecule has 0 bridgehead atoms. The maximum Gasteiger partial charge on any atom is 0.0283 e. The van der Waals surface area contributed by atoms with Crippen LogP contribution < -0.4 is 0 Å². The van der Waals surface area contributed by atoms with Gasteiger partial charge in [0.1, 0.15) is 0 Å². The number of halogens is 1. The molecule has 0 spiro atoms. The van der Waals surface area contributed by atoms with Crippen LogP contribution in [-0.2, 0) is 5.33 Å². The molecule has 0 amide bonds. The third kappa shape index (κ3) is 4.01. The second kappa shape index (κ2) is 6.81. The number of benzene rings is 1. The van der Waals surface area contributed by atoms with Crippen molar-refractivity contribution >= 4 is 27.9 Å². The zero-order valence-electron chi connectivity index (χ0n) is 10.4. The summed E-state index contributed by atoms with van der Waals surface area (Å²) in [6, 6.07) is 9.61. The molecule has 0 saturated heterocycles. The molecule has 0 atom stereocenters. The van der Waals surface area contributed by atoms with E-state index in [1.807, 2.05) is 11.9 Å². The lowest BCUT2D eigenvalue weighted by atomic mass is 9.96. The Hall–Kier alpha value is 0.01000. The minimum atomic E-state index is 0.768. The minimum absolute atomic E-state index is 0.768. The Bertz CT molecular complexity index is 333. The van der Waals surface area contributed by atoms with Gasteiger partial charge in [-0.05, 0) is 49.5 Å². The zero-order chi connectivity index (χ0) is 12.1. The number of nitrogens with zero attached hydrogens (tertiary/aromatic N) is 1. The monoisotopic (exact) mass is 313 g/mol. The van der Waals surface area contributed by atoms with Crippen LogP contribution in [0.3, 0.4) is 0 Å². The van der Waals surface area contributed by atoms with Crippen LogP contribution in [0.4, 0.5) is 0 Å². The van der Waals surface area contributed by atoms with Gasteiger partial charge >= 0.3 is 0 Å². The molecule has 3 heteroatoms. The van der Waals surface area contributed by atoms with Crippen molar-refractivity contribution in [2.75, 3.05) is 7.05 Å². The summed E-state index contributed by atoms with van der Waals surface area (Å²) in [4.78, 5) is 1.35. The number of hydrogen-bond acceptors (Lipinski definition) is 2. The summed E-state index contributed by atoms with van der Waals surface area (Å²) in [6.07, 6.45) is 6.96. The molecule has 0 unspecified atom stereocenters. The quantitative estimate of drug-likeness (QED) is 0.577. The Kier molecular flexibility index (Phi) is 5.39. The molecule has 1 saturated carbocycles. The highest BCUT2D eigenvalue weighted by molar-refractivity contribution is 9.08. The third-order valence-corrected chi connectivity index (χ3v) is 5.13. The van der Waals surface area contributed by atoms with Gasteiger partial charge in [0.2, 0.25) is 0 Å². The van der Waals surface area contributed by atoms with E-state index in [0.29, 0.717) is 0 Å². The van der Waals surface area contributed by atoms with Crippen molar-refractivity contribution in [2.45, 2.75) is 48.4 Å². The van der Waals surface area contributed by atoms with Crippen molar-refractivity contribution < 1.29 is 0 Å². The number of hydrogen-bond donors (Lipinski definition) is 0. The first-order chi connectivity index (χ1) is 8.29. The van der Waals surface area contributed by atoms with Gasteiger partial charge in [0, 0.05) is 16.3 Å². The topological polar surface area (TPSA) is 3.24 Å². The van der Waals surface area contributed by atoms with Crippen molar-refractivity contribution in [2.24, 2.45) is 0 Å². The van der Waals surface area contributed by atoms with Crippen molar-refractivity contribution in [3.05, 3.63) is 29.8 Å². The molecule has 1 nitrogen and oxygen atoms in total. The van der Waals surface area contributed by atoms with E-state index in [4.69, 9.17) is 0 Å². The first-order valence-corrected chi connectivity index (χ1v) is 8.25. The number of alkyl halides is 1. The van der Waals surface area contributed by atoms with E-state index >= 15 is 0 Å². The Balaban J connectivity index is 1.89. The Morgan fingerprint density at radius 1 is 1.18 bits per heavy atom. The summed E-state index contributed by atoms with van der Waals surface area (Å²) >= 11 is 5.37. The fourth-order valence-corrected chi connectivity index (χ4v) is 3.65. The van der Waals surface area contributed by atoms with Crippen LogP contribution in [-0.4, -0.2) is 17.4 Å². The average molecular weight is 314 g/mol. The van der Waals surface area contributed by atoms with E-state index in [0.717, 1.165) is 11.4 Å². The maximum atomic E-state index is 3.48. The molecule has 0 N–H and O–H groups in total. The second-order valence-electron chi connectivity index (χ2n) is 4.71. The van der Waals surface area contributed by atoms with Crippen LogP contribution in [0.2, 0.25) is 0 Å². The van der Waals surface area contributed by atoms with Crippen LogP contribution in [0.15, 0.2) is 29.2 Å². The van der Waals surface area contributed by atoms with Gasteiger partial charge in [-0.1, -0.05) is 47.3 Å². The maximum absolute atomic E-state index is 3.48. The minimum Gasteiger partial charge on any atom is -0.246 e. The van der Waals surface area contributed by atoms with Gasteiger partial charge < -0.3 is 0 Å². The third-order valence-electron chi connectivity index (χ3n) is 3.42. The predicted molar refractivity (Wildman–Crippen MR) is 79.6 cm³/mol. The lowest BCUT2D eigenvalue weighted by Crippen LogP contribution is -2.27. The van der Waals surface area contributed by atoms with Crippen LogP contribution in [0.1, 0.15) is 37.7 Å². The molecular formula is C14H20BrNS. The fraction of sp³-hybridized carbons (Fsp3) is 0.571. The summed E-state index contributed by atoms with van der Waals surface area (Å²) in [7, 11) is 2.24. The van der Waals surface area contributed by atoms with E-state index in [-0.39, 0.29) is 0 Å². The lowest BCUT2D eigenvalue weighted by Gasteiger charge is -2.30. The number of rotatable bonds is 4. The SMILES string of the molecule is CN(Sc1ccc(CBr)cc1)C1CCCCC1. The Morgan fingerprint density at radius 3 is 2.41 bits per heavy atom. The smallest absolute Gasteiger partial charge is 0.0283 e. The first-order valence-electron chi connectivity index (χ1n) is 6.35. The van der Waals surface area contributed by atoms with Crippen LogP contribution in [0.5, 0.6) is 0 Å². The highest BCUT2D eigenvalue weighted by atomic mass is 79.9.